The maximum atomic E-state index is 12.7. The Morgan fingerprint density at radius 1 is 1.15 bits per heavy atom. The number of ether oxygens (including phenoxy) is 1. The SMILES string of the molecule is COc1ccccc1C[C@H](C)NC(=O)c1[nH]nc(-c2ccccc2)c1C. The van der Waals surface area contributed by atoms with Gasteiger partial charge in [0.15, 0.2) is 0 Å². The zero-order chi connectivity index (χ0) is 18.5. The third-order valence-corrected chi connectivity index (χ3v) is 4.38. The van der Waals surface area contributed by atoms with Crippen molar-refractivity contribution >= 4 is 5.91 Å². The van der Waals surface area contributed by atoms with Crippen LogP contribution in [0.4, 0.5) is 0 Å². The van der Waals surface area contributed by atoms with Gasteiger partial charge in [-0.15, -0.1) is 0 Å². The van der Waals surface area contributed by atoms with E-state index in [-0.39, 0.29) is 11.9 Å². The lowest BCUT2D eigenvalue weighted by Crippen LogP contribution is -2.34. The van der Waals surface area contributed by atoms with Gasteiger partial charge >= 0.3 is 0 Å². The lowest BCUT2D eigenvalue weighted by Gasteiger charge is -2.15. The predicted octanol–water partition coefficient (Wildman–Crippen LogP) is 3.75. The predicted molar refractivity (Wildman–Crippen MR) is 102 cm³/mol. The van der Waals surface area contributed by atoms with Crippen molar-refractivity contribution in [2.45, 2.75) is 26.3 Å². The number of H-pyrrole nitrogens is 1. The molecule has 0 aliphatic rings. The average Bonchev–Trinajstić information content (AvgIpc) is 3.04. The molecule has 0 saturated carbocycles. The maximum absolute atomic E-state index is 12.7. The molecule has 5 nitrogen and oxygen atoms in total. The Hall–Kier alpha value is -3.08. The van der Waals surface area contributed by atoms with Crippen molar-refractivity contribution in [3.63, 3.8) is 0 Å². The highest BCUT2D eigenvalue weighted by Crippen LogP contribution is 2.23. The molecular weight excluding hydrogens is 326 g/mol. The van der Waals surface area contributed by atoms with E-state index >= 15 is 0 Å². The van der Waals surface area contributed by atoms with E-state index < -0.39 is 0 Å². The average molecular weight is 349 g/mol. The highest BCUT2D eigenvalue weighted by molar-refractivity contribution is 5.95. The molecule has 3 rings (SSSR count). The molecule has 3 aromatic rings. The molecule has 0 aliphatic heterocycles. The van der Waals surface area contributed by atoms with Gasteiger partial charge in [0.2, 0.25) is 0 Å². The third-order valence-electron chi connectivity index (χ3n) is 4.38. The molecule has 0 unspecified atom stereocenters. The topological polar surface area (TPSA) is 67.0 Å². The number of nitrogens with zero attached hydrogens (tertiary/aromatic N) is 1. The fraction of sp³-hybridized carbons (Fsp3) is 0.238. The number of carbonyl (C=O) groups is 1. The van der Waals surface area contributed by atoms with E-state index in [2.05, 4.69) is 15.5 Å². The second-order valence-electron chi connectivity index (χ2n) is 6.33. The molecule has 0 bridgehead atoms. The molecule has 0 aliphatic carbocycles. The second-order valence-corrected chi connectivity index (χ2v) is 6.33. The zero-order valence-corrected chi connectivity index (χ0v) is 15.2. The van der Waals surface area contributed by atoms with Crippen LogP contribution in [0.2, 0.25) is 0 Å². The van der Waals surface area contributed by atoms with Gasteiger partial charge in [0, 0.05) is 17.2 Å². The normalized spacial score (nSPS) is 11.8. The Morgan fingerprint density at radius 2 is 1.85 bits per heavy atom. The van der Waals surface area contributed by atoms with Crippen molar-refractivity contribution in [3.8, 4) is 17.0 Å². The lowest BCUT2D eigenvalue weighted by molar-refractivity contribution is 0.0934. The smallest absolute Gasteiger partial charge is 0.269 e. The summed E-state index contributed by atoms with van der Waals surface area (Å²) in [5.74, 6) is 0.678. The number of rotatable bonds is 6. The zero-order valence-electron chi connectivity index (χ0n) is 15.2. The van der Waals surface area contributed by atoms with Gasteiger partial charge in [-0.3, -0.25) is 9.89 Å². The molecule has 0 spiro atoms. The van der Waals surface area contributed by atoms with Gasteiger partial charge in [-0.25, -0.2) is 0 Å². The van der Waals surface area contributed by atoms with Crippen LogP contribution in [-0.2, 0) is 6.42 Å². The minimum atomic E-state index is -0.153. The molecule has 0 radical (unpaired) electrons. The van der Waals surface area contributed by atoms with Crippen molar-refractivity contribution < 1.29 is 9.53 Å². The van der Waals surface area contributed by atoms with E-state index in [4.69, 9.17) is 4.74 Å². The van der Waals surface area contributed by atoms with Crippen LogP contribution in [0, 0.1) is 6.92 Å². The fourth-order valence-corrected chi connectivity index (χ4v) is 3.04. The quantitative estimate of drug-likeness (QED) is 0.712. The van der Waals surface area contributed by atoms with Crippen LogP contribution in [0.5, 0.6) is 5.75 Å². The lowest BCUT2D eigenvalue weighted by atomic mass is 10.0. The van der Waals surface area contributed by atoms with Crippen LogP contribution >= 0.6 is 0 Å². The van der Waals surface area contributed by atoms with Gasteiger partial charge in [-0.05, 0) is 31.9 Å². The Morgan fingerprint density at radius 3 is 2.58 bits per heavy atom. The van der Waals surface area contributed by atoms with Crippen LogP contribution < -0.4 is 10.1 Å². The summed E-state index contributed by atoms with van der Waals surface area (Å²) in [5, 5.41) is 10.2. The van der Waals surface area contributed by atoms with Crippen molar-refractivity contribution in [1.29, 1.82) is 0 Å². The second kappa shape index (κ2) is 7.87. The first kappa shape index (κ1) is 17.7. The van der Waals surface area contributed by atoms with Crippen LogP contribution in [0.25, 0.3) is 11.3 Å². The van der Waals surface area contributed by atoms with Gasteiger partial charge in [-0.1, -0.05) is 48.5 Å². The van der Waals surface area contributed by atoms with E-state index in [1.165, 1.54) is 0 Å². The van der Waals surface area contributed by atoms with Gasteiger partial charge in [0.25, 0.3) is 5.91 Å². The number of para-hydroxylation sites is 1. The molecule has 1 atom stereocenters. The first-order chi connectivity index (χ1) is 12.6. The summed E-state index contributed by atoms with van der Waals surface area (Å²) in [6.07, 6.45) is 0.689. The highest BCUT2D eigenvalue weighted by Gasteiger charge is 2.19. The fourth-order valence-electron chi connectivity index (χ4n) is 3.04. The number of aromatic amines is 1. The number of nitrogens with one attached hydrogen (secondary N) is 2. The van der Waals surface area contributed by atoms with Crippen LogP contribution in [0.3, 0.4) is 0 Å². The number of carbonyl (C=O) groups excluding carboxylic acids is 1. The minimum absolute atomic E-state index is 0.0401. The Bertz CT molecular complexity index is 887. The van der Waals surface area contributed by atoms with E-state index in [9.17, 15) is 4.79 Å². The Labute approximate surface area is 153 Å². The van der Waals surface area contributed by atoms with Crippen molar-refractivity contribution in [2.24, 2.45) is 0 Å². The molecule has 2 aromatic carbocycles. The first-order valence-electron chi connectivity index (χ1n) is 8.63. The standard InChI is InChI=1S/C21H23N3O2/c1-14(13-17-11-7-8-12-18(17)26-3)22-21(25)20-15(2)19(23-24-20)16-9-5-4-6-10-16/h4-12,14H,13H2,1-3H3,(H,22,25)(H,23,24)/t14-/m0/s1. The van der Waals surface area contributed by atoms with Crippen LogP contribution in [-0.4, -0.2) is 29.3 Å². The molecule has 0 saturated heterocycles. The van der Waals surface area contributed by atoms with Gasteiger partial charge < -0.3 is 10.1 Å². The summed E-state index contributed by atoms with van der Waals surface area (Å²) in [7, 11) is 1.65. The van der Waals surface area contributed by atoms with Gasteiger partial charge in [-0.2, -0.15) is 5.10 Å². The summed E-state index contributed by atoms with van der Waals surface area (Å²) in [6.45, 7) is 3.89. The molecule has 1 amide bonds. The van der Waals surface area contributed by atoms with E-state index in [1.54, 1.807) is 7.11 Å². The summed E-state index contributed by atoms with van der Waals surface area (Å²) in [4.78, 5) is 12.7. The van der Waals surface area contributed by atoms with Crippen molar-refractivity contribution in [1.82, 2.24) is 15.5 Å². The molecule has 2 N–H and O–H groups in total. The summed E-state index contributed by atoms with van der Waals surface area (Å²) < 4.78 is 5.38. The monoisotopic (exact) mass is 349 g/mol. The molecule has 26 heavy (non-hydrogen) atoms. The summed E-state index contributed by atoms with van der Waals surface area (Å²) in [6, 6.07) is 17.6. The Kier molecular flexibility index (Phi) is 5.37. The van der Waals surface area contributed by atoms with E-state index in [0.717, 1.165) is 28.1 Å². The van der Waals surface area contributed by atoms with E-state index in [1.807, 2.05) is 68.4 Å². The van der Waals surface area contributed by atoms with Crippen molar-refractivity contribution in [2.75, 3.05) is 7.11 Å². The largest absolute Gasteiger partial charge is 0.496 e. The Balaban J connectivity index is 1.71. The molecule has 5 heteroatoms. The molecular formula is C21H23N3O2. The number of hydrogen-bond donors (Lipinski definition) is 2. The number of methoxy groups -OCH3 is 1. The third kappa shape index (κ3) is 3.77. The highest BCUT2D eigenvalue weighted by atomic mass is 16.5. The molecule has 1 aromatic heterocycles. The summed E-state index contributed by atoms with van der Waals surface area (Å²) >= 11 is 0. The molecule has 134 valence electrons. The molecule has 1 heterocycles. The number of aromatic nitrogens is 2. The van der Waals surface area contributed by atoms with Gasteiger partial charge in [0.05, 0.1) is 12.8 Å². The number of amides is 1. The number of benzene rings is 2. The minimum Gasteiger partial charge on any atom is -0.496 e. The number of hydrogen-bond acceptors (Lipinski definition) is 3. The van der Waals surface area contributed by atoms with E-state index in [0.29, 0.717) is 12.1 Å². The molecule has 0 fully saturated rings. The maximum Gasteiger partial charge on any atom is 0.269 e. The first-order valence-corrected chi connectivity index (χ1v) is 8.63. The van der Waals surface area contributed by atoms with Crippen LogP contribution in [0.1, 0.15) is 28.5 Å². The summed E-state index contributed by atoms with van der Waals surface area (Å²) in [5.41, 5.74) is 4.19. The van der Waals surface area contributed by atoms with Crippen molar-refractivity contribution in [3.05, 3.63) is 71.4 Å². The van der Waals surface area contributed by atoms with Crippen LogP contribution in [0.15, 0.2) is 54.6 Å². The van der Waals surface area contributed by atoms with Gasteiger partial charge in [0.1, 0.15) is 11.4 Å².